The van der Waals surface area contributed by atoms with E-state index in [0.29, 0.717) is 6.54 Å². The average molecular weight is 237 g/mol. The predicted octanol–water partition coefficient (Wildman–Crippen LogP) is 0.773. The Bertz CT molecular complexity index is 418. The second kappa shape index (κ2) is 5.95. The molecule has 6 heteroatoms. The van der Waals surface area contributed by atoms with Crippen molar-refractivity contribution in [2.45, 2.75) is 6.54 Å². The quantitative estimate of drug-likeness (QED) is 0.606. The molecule has 0 aliphatic heterocycles. The lowest BCUT2D eigenvalue weighted by Crippen LogP contribution is -2.32. The van der Waals surface area contributed by atoms with Crippen LogP contribution in [0.3, 0.4) is 0 Å². The summed E-state index contributed by atoms with van der Waals surface area (Å²) in [4.78, 5) is 22.9. The molecule has 0 aromatic heterocycles. The molecule has 0 aliphatic carbocycles. The summed E-state index contributed by atoms with van der Waals surface area (Å²) in [7, 11) is 3.36. The number of nitro groups is 1. The van der Waals surface area contributed by atoms with E-state index in [4.69, 9.17) is 0 Å². The Morgan fingerprint density at radius 1 is 1.47 bits per heavy atom. The SMILES string of the molecule is CN(C)C(=O)CNCc1cccc([N+](=O)[O-])c1. The van der Waals surface area contributed by atoms with E-state index in [-0.39, 0.29) is 18.1 Å². The molecule has 0 saturated carbocycles. The minimum absolute atomic E-state index is 0.0320. The third-order valence-electron chi connectivity index (χ3n) is 2.23. The van der Waals surface area contributed by atoms with E-state index in [1.807, 2.05) is 0 Å². The third-order valence-corrected chi connectivity index (χ3v) is 2.23. The Labute approximate surface area is 99.4 Å². The zero-order valence-corrected chi connectivity index (χ0v) is 9.84. The fourth-order valence-corrected chi connectivity index (χ4v) is 1.25. The van der Waals surface area contributed by atoms with E-state index in [1.165, 1.54) is 17.0 Å². The average Bonchev–Trinajstić information content (AvgIpc) is 2.29. The molecule has 1 N–H and O–H groups in total. The molecule has 1 aromatic carbocycles. The Morgan fingerprint density at radius 2 is 2.18 bits per heavy atom. The van der Waals surface area contributed by atoms with Gasteiger partial charge in [0.25, 0.3) is 5.69 Å². The molecule has 92 valence electrons. The number of carbonyl (C=O) groups excluding carboxylic acids is 1. The first kappa shape index (κ1) is 13.1. The number of nitro benzene ring substituents is 1. The summed E-state index contributed by atoms with van der Waals surface area (Å²) in [6.45, 7) is 0.650. The van der Waals surface area contributed by atoms with E-state index in [0.717, 1.165) is 5.56 Å². The van der Waals surface area contributed by atoms with Crippen LogP contribution in [-0.2, 0) is 11.3 Å². The monoisotopic (exact) mass is 237 g/mol. The van der Waals surface area contributed by atoms with Gasteiger partial charge < -0.3 is 10.2 Å². The highest BCUT2D eigenvalue weighted by Crippen LogP contribution is 2.12. The molecule has 0 spiro atoms. The molecule has 0 radical (unpaired) electrons. The van der Waals surface area contributed by atoms with Crippen LogP contribution in [0.25, 0.3) is 0 Å². The van der Waals surface area contributed by atoms with Gasteiger partial charge >= 0.3 is 0 Å². The molecular formula is C11H15N3O3. The number of hydrogen-bond acceptors (Lipinski definition) is 4. The van der Waals surface area contributed by atoms with Gasteiger partial charge in [-0.15, -0.1) is 0 Å². The molecule has 1 aromatic rings. The second-order valence-electron chi connectivity index (χ2n) is 3.82. The molecular weight excluding hydrogens is 222 g/mol. The Balaban J connectivity index is 2.50. The summed E-state index contributed by atoms with van der Waals surface area (Å²) >= 11 is 0. The van der Waals surface area contributed by atoms with E-state index < -0.39 is 4.92 Å². The highest BCUT2D eigenvalue weighted by molar-refractivity contribution is 5.77. The van der Waals surface area contributed by atoms with Crippen molar-refractivity contribution in [2.24, 2.45) is 0 Å². The van der Waals surface area contributed by atoms with Crippen LogP contribution in [0.15, 0.2) is 24.3 Å². The normalized spacial score (nSPS) is 10.0. The number of hydrogen-bond donors (Lipinski definition) is 1. The molecule has 0 heterocycles. The smallest absolute Gasteiger partial charge is 0.269 e. The topological polar surface area (TPSA) is 75.5 Å². The molecule has 1 rings (SSSR count). The van der Waals surface area contributed by atoms with Crippen molar-refractivity contribution in [2.75, 3.05) is 20.6 Å². The van der Waals surface area contributed by atoms with Crippen molar-refractivity contribution in [3.05, 3.63) is 39.9 Å². The zero-order chi connectivity index (χ0) is 12.8. The van der Waals surface area contributed by atoms with E-state index in [9.17, 15) is 14.9 Å². The van der Waals surface area contributed by atoms with Gasteiger partial charge in [0.15, 0.2) is 0 Å². The molecule has 17 heavy (non-hydrogen) atoms. The van der Waals surface area contributed by atoms with Crippen LogP contribution in [0.1, 0.15) is 5.56 Å². The van der Waals surface area contributed by atoms with Gasteiger partial charge in [0.1, 0.15) is 0 Å². The molecule has 0 fully saturated rings. The summed E-state index contributed by atoms with van der Waals surface area (Å²) < 4.78 is 0. The molecule has 6 nitrogen and oxygen atoms in total. The summed E-state index contributed by atoms with van der Waals surface area (Å²) in [5, 5.41) is 13.5. The summed E-state index contributed by atoms with van der Waals surface area (Å²) in [6.07, 6.45) is 0. The number of rotatable bonds is 5. The first-order valence-corrected chi connectivity index (χ1v) is 5.15. The number of nitrogens with one attached hydrogen (secondary N) is 1. The molecule has 1 amide bonds. The fraction of sp³-hybridized carbons (Fsp3) is 0.364. The first-order chi connectivity index (χ1) is 8.00. The van der Waals surface area contributed by atoms with Crippen LogP contribution >= 0.6 is 0 Å². The maximum absolute atomic E-state index is 11.3. The van der Waals surface area contributed by atoms with Crippen molar-refractivity contribution in [1.29, 1.82) is 0 Å². The minimum atomic E-state index is -0.436. The van der Waals surface area contributed by atoms with Crippen LogP contribution in [-0.4, -0.2) is 36.4 Å². The van der Waals surface area contributed by atoms with E-state index in [2.05, 4.69) is 5.32 Å². The number of carbonyl (C=O) groups is 1. The summed E-state index contributed by atoms with van der Waals surface area (Å²) in [5.41, 5.74) is 0.842. The Kier molecular flexibility index (Phi) is 4.59. The van der Waals surface area contributed by atoms with Crippen molar-refractivity contribution >= 4 is 11.6 Å². The van der Waals surface area contributed by atoms with Gasteiger partial charge in [0.2, 0.25) is 5.91 Å². The van der Waals surface area contributed by atoms with Crippen LogP contribution < -0.4 is 5.32 Å². The van der Waals surface area contributed by atoms with Crippen molar-refractivity contribution in [3.63, 3.8) is 0 Å². The van der Waals surface area contributed by atoms with E-state index >= 15 is 0 Å². The van der Waals surface area contributed by atoms with Crippen molar-refractivity contribution in [1.82, 2.24) is 10.2 Å². The van der Waals surface area contributed by atoms with Gasteiger partial charge in [-0.1, -0.05) is 12.1 Å². The van der Waals surface area contributed by atoms with Crippen LogP contribution in [0, 0.1) is 10.1 Å². The lowest BCUT2D eigenvalue weighted by Gasteiger charge is -2.10. The molecule has 0 atom stereocenters. The maximum Gasteiger partial charge on any atom is 0.269 e. The van der Waals surface area contributed by atoms with Crippen LogP contribution in [0.2, 0.25) is 0 Å². The largest absolute Gasteiger partial charge is 0.348 e. The van der Waals surface area contributed by atoms with Gasteiger partial charge in [0, 0.05) is 32.8 Å². The predicted molar refractivity (Wildman–Crippen MR) is 63.5 cm³/mol. The third kappa shape index (κ3) is 4.20. The van der Waals surface area contributed by atoms with Gasteiger partial charge in [-0.25, -0.2) is 0 Å². The van der Waals surface area contributed by atoms with Gasteiger partial charge in [-0.3, -0.25) is 14.9 Å². The number of likely N-dealkylation sites (N-methyl/N-ethyl adjacent to an activating group) is 1. The first-order valence-electron chi connectivity index (χ1n) is 5.15. The molecule has 0 unspecified atom stereocenters. The minimum Gasteiger partial charge on any atom is -0.348 e. The van der Waals surface area contributed by atoms with Gasteiger partial charge in [-0.2, -0.15) is 0 Å². The Morgan fingerprint density at radius 3 is 2.76 bits per heavy atom. The van der Waals surface area contributed by atoms with Gasteiger partial charge in [-0.05, 0) is 5.56 Å². The van der Waals surface area contributed by atoms with E-state index in [1.54, 1.807) is 26.2 Å². The van der Waals surface area contributed by atoms with Crippen molar-refractivity contribution in [3.8, 4) is 0 Å². The van der Waals surface area contributed by atoms with Crippen molar-refractivity contribution < 1.29 is 9.72 Å². The maximum atomic E-state index is 11.3. The lowest BCUT2D eigenvalue weighted by atomic mass is 10.2. The highest BCUT2D eigenvalue weighted by atomic mass is 16.6. The summed E-state index contributed by atoms with van der Waals surface area (Å²) in [6, 6.07) is 6.34. The number of non-ortho nitro benzene ring substituents is 1. The Hall–Kier alpha value is -1.95. The van der Waals surface area contributed by atoms with Gasteiger partial charge in [0.05, 0.1) is 11.5 Å². The van der Waals surface area contributed by atoms with Crippen LogP contribution in [0.5, 0.6) is 0 Å². The number of amides is 1. The zero-order valence-electron chi connectivity index (χ0n) is 9.84. The second-order valence-corrected chi connectivity index (χ2v) is 3.82. The summed E-state index contributed by atoms with van der Waals surface area (Å²) in [5.74, 6) is -0.0320. The van der Waals surface area contributed by atoms with Crippen LogP contribution in [0.4, 0.5) is 5.69 Å². The number of nitrogens with zero attached hydrogens (tertiary/aromatic N) is 2. The number of benzene rings is 1. The molecule has 0 bridgehead atoms. The molecule has 0 saturated heterocycles. The highest BCUT2D eigenvalue weighted by Gasteiger charge is 2.06. The lowest BCUT2D eigenvalue weighted by molar-refractivity contribution is -0.384. The molecule has 0 aliphatic rings. The standard InChI is InChI=1S/C11H15N3O3/c1-13(2)11(15)8-12-7-9-4-3-5-10(6-9)14(16)17/h3-6,12H,7-8H2,1-2H3. The fourth-order valence-electron chi connectivity index (χ4n) is 1.25.